The number of piperazine rings is 1. The van der Waals surface area contributed by atoms with Gasteiger partial charge in [-0.05, 0) is 38.4 Å². The van der Waals surface area contributed by atoms with Gasteiger partial charge in [0.15, 0.2) is 0 Å². The Morgan fingerprint density at radius 3 is 2.36 bits per heavy atom. The number of sulfonamides is 1. The Morgan fingerprint density at radius 1 is 1.04 bits per heavy atom. The zero-order valence-electron chi connectivity index (χ0n) is 14.8. The number of benzene rings is 1. The lowest BCUT2D eigenvalue weighted by Gasteiger charge is -2.37. The molecule has 0 bridgehead atoms. The molecule has 1 amide bonds. The Kier molecular flexibility index (Phi) is 5.76. The summed E-state index contributed by atoms with van der Waals surface area (Å²) in [6.07, 6.45) is 3.54. The van der Waals surface area contributed by atoms with Crippen LogP contribution in [0, 0.1) is 0 Å². The fourth-order valence-corrected chi connectivity index (χ4v) is 5.03. The van der Waals surface area contributed by atoms with Crippen molar-refractivity contribution in [2.45, 2.75) is 37.1 Å². The number of piperidine rings is 1. The first kappa shape index (κ1) is 18.4. The van der Waals surface area contributed by atoms with Crippen LogP contribution in [0.2, 0.25) is 0 Å². The topological polar surface area (TPSA) is 60.9 Å². The summed E-state index contributed by atoms with van der Waals surface area (Å²) >= 11 is 0. The molecular weight excluding hydrogens is 338 g/mol. The predicted molar refractivity (Wildman–Crippen MR) is 96.7 cm³/mol. The highest BCUT2D eigenvalue weighted by Crippen LogP contribution is 2.19. The molecule has 0 aliphatic carbocycles. The molecule has 25 heavy (non-hydrogen) atoms. The van der Waals surface area contributed by atoms with Crippen molar-refractivity contribution in [1.29, 1.82) is 0 Å². The standard InChI is InChI=1S/C18H27N3O3S/c1-16-7-5-6-10-20(16)15-18(22)19-11-13-21(14-12-19)25(23,24)17-8-3-2-4-9-17/h2-4,8-9,16H,5-7,10-15H2,1H3/t16-/m0/s1. The minimum absolute atomic E-state index is 0.116. The third-order valence-corrected chi connectivity index (χ3v) is 7.16. The summed E-state index contributed by atoms with van der Waals surface area (Å²) in [7, 11) is -3.46. The quantitative estimate of drug-likeness (QED) is 0.809. The average molecular weight is 365 g/mol. The maximum Gasteiger partial charge on any atom is 0.243 e. The van der Waals surface area contributed by atoms with E-state index in [9.17, 15) is 13.2 Å². The minimum Gasteiger partial charge on any atom is -0.339 e. The molecule has 2 saturated heterocycles. The number of carbonyl (C=O) groups is 1. The van der Waals surface area contributed by atoms with Gasteiger partial charge in [0.1, 0.15) is 0 Å². The lowest BCUT2D eigenvalue weighted by Crippen LogP contribution is -2.53. The molecule has 138 valence electrons. The summed E-state index contributed by atoms with van der Waals surface area (Å²) in [4.78, 5) is 16.9. The van der Waals surface area contributed by atoms with E-state index in [4.69, 9.17) is 0 Å². The summed E-state index contributed by atoms with van der Waals surface area (Å²) < 4.78 is 26.8. The van der Waals surface area contributed by atoms with Crippen molar-refractivity contribution in [3.63, 3.8) is 0 Å². The second-order valence-electron chi connectivity index (χ2n) is 6.91. The molecule has 0 radical (unpaired) electrons. The number of nitrogens with zero attached hydrogens (tertiary/aromatic N) is 3. The molecule has 0 N–H and O–H groups in total. The number of hydrogen-bond donors (Lipinski definition) is 0. The number of carbonyl (C=O) groups excluding carboxylic acids is 1. The van der Waals surface area contributed by atoms with E-state index in [1.165, 1.54) is 10.7 Å². The lowest BCUT2D eigenvalue weighted by molar-refractivity contribution is -0.134. The monoisotopic (exact) mass is 365 g/mol. The number of rotatable bonds is 4. The van der Waals surface area contributed by atoms with Crippen molar-refractivity contribution >= 4 is 15.9 Å². The molecule has 1 aromatic carbocycles. The van der Waals surface area contributed by atoms with Crippen LogP contribution in [0.25, 0.3) is 0 Å². The van der Waals surface area contributed by atoms with Gasteiger partial charge in [0.05, 0.1) is 11.4 Å². The van der Waals surface area contributed by atoms with Gasteiger partial charge in [0.25, 0.3) is 0 Å². The number of likely N-dealkylation sites (tertiary alicyclic amines) is 1. The number of amides is 1. The van der Waals surface area contributed by atoms with Gasteiger partial charge in [-0.1, -0.05) is 24.6 Å². The van der Waals surface area contributed by atoms with Crippen LogP contribution in [-0.2, 0) is 14.8 Å². The van der Waals surface area contributed by atoms with Crippen LogP contribution in [0.15, 0.2) is 35.2 Å². The molecule has 2 aliphatic rings. The molecule has 1 aromatic rings. The highest BCUT2D eigenvalue weighted by Gasteiger charge is 2.31. The summed E-state index contributed by atoms with van der Waals surface area (Å²) in [6.45, 7) is 5.26. The van der Waals surface area contributed by atoms with Crippen molar-refractivity contribution in [1.82, 2.24) is 14.1 Å². The molecule has 0 saturated carbocycles. The van der Waals surface area contributed by atoms with E-state index >= 15 is 0 Å². The van der Waals surface area contributed by atoms with E-state index in [1.54, 1.807) is 35.2 Å². The summed E-state index contributed by atoms with van der Waals surface area (Å²) in [5.74, 6) is 0.116. The smallest absolute Gasteiger partial charge is 0.243 e. The van der Waals surface area contributed by atoms with E-state index in [1.807, 2.05) is 0 Å². The van der Waals surface area contributed by atoms with Gasteiger partial charge in [0.2, 0.25) is 15.9 Å². The van der Waals surface area contributed by atoms with Crippen LogP contribution in [0.1, 0.15) is 26.2 Å². The van der Waals surface area contributed by atoms with Gasteiger partial charge in [-0.3, -0.25) is 9.69 Å². The van der Waals surface area contributed by atoms with Gasteiger partial charge in [-0.25, -0.2) is 8.42 Å². The largest absolute Gasteiger partial charge is 0.339 e. The summed E-state index contributed by atoms with van der Waals surface area (Å²) in [5.41, 5.74) is 0. The van der Waals surface area contributed by atoms with Crippen molar-refractivity contribution in [3.8, 4) is 0 Å². The van der Waals surface area contributed by atoms with E-state index in [0.29, 0.717) is 43.7 Å². The van der Waals surface area contributed by atoms with Gasteiger partial charge in [-0.2, -0.15) is 4.31 Å². The average Bonchev–Trinajstić information content (AvgIpc) is 2.64. The molecule has 7 heteroatoms. The third-order valence-electron chi connectivity index (χ3n) is 5.25. The normalized spacial score (nSPS) is 23.6. The first-order chi connectivity index (χ1) is 12.0. The van der Waals surface area contributed by atoms with Crippen LogP contribution in [0.4, 0.5) is 0 Å². The van der Waals surface area contributed by atoms with Gasteiger partial charge in [0, 0.05) is 32.2 Å². The van der Waals surface area contributed by atoms with E-state index < -0.39 is 10.0 Å². The van der Waals surface area contributed by atoms with Crippen LogP contribution in [-0.4, -0.2) is 73.7 Å². The lowest BCUT2D eigenvalue weighted by atomic mass is 10.0. The zero-order valence-corrected chi connectivity index (χ0v) is 15.6. The second kappa shape index (κ2) is 7.85. The Balaban J connectivity index is 1.55. The molecule has 6 nitrogen and oxygen atoms in total. The predicted octanol–water partition coefficient (Wildman–Crippen LogP) is 1.39. The number of hydrogen-bond acceptors (Lipinski definition) is 4. The van der Waals surface area contributed by atoms with Crippen molar-refractivity contribution in [2.75, 3.05) is 39.3 Å². The SMILES string of the molecule is C[C@H]1CCCCN1CC(=O)N1CCN(S(=O)(=O)c2ccccc2)CC1. The van der Waals surface area contributed by atoms with Gasteiger partial charge in [-0.15, -0.1) is 0 Å². The van der Waals surface area contributed by atoms with Crippen molar-refractivity contribution < 1.29 is 13.2 Å². The van der Waals surface area contributed by atoms with Gasteiger partial charge < -0.3 is 4.90 Å². The van der Waals surface area contributed by atoms with E-state index in [-0.39, 0.29) is 5.91 Å². The van der Waals surface area contributed by atoms with E-state index in [0.717, 1.165) is 19.4 Å². The highest BCUT2D eigenvalue weighted by atomic mass is 32.2. The van der Waals surface area contributed by atoms with Crippen LogP contribution in [0.5, 0.6) is 0 Å². The van der Waals surface area contributed by atoms with Crippen molar-refractivity contribution in [2.24, 2.45) is 0 Å². The Morgan fingerprint density at radius 2 is 1.72 bits per heavy atom. The zero-order chi connectivity index (χ0) is 17.9. The molecule has 2 heterocycles. The first-order valence-corrected chi connectivity index (χ1v) is 10.5. The summed E-state index contributed by atoms with van der Waals surface area (Å²) in [5, 5.41) is 0. The van der Waals surface area contributed by atoms with Crippen molar-refractivity contribution in [3.05, 3.63) is 30.3 Å². The summed E-state index contributed by atoms with van der Waals surface area (Å²) in [6, 6.07) is 8.95. The maximum absolute atomic E-state index is 12.6. The fraction of sp³-hybridized carbons (Fsp3) is 0.611. The molecule has 3 rings (SSSR count). The molecule has 2 fully saturated rings. The third kappa shape index (κ3) is 4.22. The molecule has 0 unspecified atom stereocenters. The van der Waals surface area contributed by atoms with E-state index in [2.05, 4.69) is 11.8 Å². The molecular formula is C18H27N3O3S. The molecule has 2 aliphatic heterocycles. The Hall–Kier alpha value is -1.44. The Bertz CT molecular complexity index is 685. The molecule has 1 atom stereocenters. The molecule has 0 spiro atoms. The second-order valence-corrected chi connectivity index (χ2v) is 8.85. The molecule has 0 aromatic heterocycles. The van der Waals surface area contributed by atoms with Crippen LogP contribution >= 0.6 is 0 Å². The Labute approximate surface area is 150 Å². The van der Waals surface area contributed by atoms with Crippen LogP contribution < -0.4 is 0 Å². The minimum atomic E-state index is -3.46. The first-order valence-electron chi connectivity index (χ1n) is 9.05. The maximum atomic E-state index is 12.6. The van der Waals surface area contributed by atoms with Gasteiger partial charge >= 0.3 is 0 Å². The fourth-order valence-electron chi connectivity index (χ4n) is 3.59. The highest BCUT2D eigenvalue weighted by molar-refractivity contribution is 7.89. The van der Waals surface area contributed by atoms with Crippen LogP contribution in [0.3, 0.4) is 0 Å².